The quantitative estimate of drug-likeness (QED) is 0.756. The summed E-state index contributed by atoms with van der Waals surface area (Å²) in [5, 5.41) is 0.0315. The van der Waals surface area contributed by atoms with Gasteiger partial charge < -0.3 is 9.32 Å². The molecule has 0 saturated heterocycles. The minimum absolute atomic E-state index is 0.0315. The summed E-state index contributed by atoms with van der Waals surface area (Å²) < 4.78 is 43.5. The molecular weight excluding hydrogens is 315 g/mol. The number of hydrogen-bond acceptors (Lipinski definition) is 2. The van der Waals surface area contributed by atoms with E-state index in [4.69, 9.17) is 16.0 Å². The largest absolute Gasteiger partial charge is 0.461 e. The maximum atomic E-state index is 12.6. The van der Waals surface area contributed by atoms with Crippen LogP contribution < -0.4 is 0 Å². The Hall–Kier alpha value is -1.46. The van der Waals surface area contributed by atoms with E-state index in [1.54, 1.807) is 6.07 Å². The normalized spacial score (nSPS) is 12.1. The fourth-order valence-corrected chi connectivity index (χ4v) is 2.39. The predicted octanol–water partition coefficient (Wildman–Crippen LogP) is 5.11. The van der Waals surface area contributed by atoms with E-state index in [1.165, 1.54) is 6.07 Å². The molecule has 1 aromatic carbocycles. The molecule has 1 aromatic heterocycles. The Kier molecular flexibility index (Phi) is 5.19. The Balaban J connectivity index is 2.14. The summed E-state index contributed by atoms with van der Waals surface area (Å²) >= 11 is 5.96. The van der Waals surface area contributed by atoms with Crippen LogP contribution in [-0.2, 0) is 12.6 Å². The van der Waals surface area contributed by atoms with Crippen LogP contribution in [0.4, 0.5) is 13.2 Å². The van der Waals surface area contributed by atoms with Gasteiger partial charge in [0.05, 0.1) is 10.6 Å². The van der Waals surface area contributed by atoms with Crippen molar-refractivity contribution in [2.75, 3.05) is 20.6 Å². The van der Waals surface area contributed by atoms with E-state index in [-0.39, 0.29) is 5.02 Å². The zero-order chi connectivity index (χ0) is 16.3. The summed E-state index contributed by atoms with van der Waals surface area (Å²) in [7, 11) is 3.99. The predicted molar refractivity (Wildman–Crippen MR) is 81.0 cm³/mol. The molecule has 0 aliphatic rings. The van der Waals surface area contributed by atoms with E-state index in [1.807, 2.05) is 20.2 Å². The highest BCUT2D eigenvalue weighted by atomic mass is 35.5. The van der Waals surface area contributed by atoms with Crippen LogP contribution in [0.15, 0.2) is 34.7 Å². The van der Waals surface area contributed by atoms with E-state index in [2.05, 4.69) is 4.90 Å². The molecule has 0 atom stereocenters. The standard InChI is InChI=1S/C16H17ClF3NO/c1-21(2)9-3-4-12-6-8-15(22-12)13-7-5-11(10-14(13)17)16(18,19)20/h5-8,10H,3-4,9H2,1-2H3. The topological polar surface area (TPSA) is 16.4 Å². The van der Waals surface area contributed by atoms with E-state index in [0.717, 1.165) is 37.3 Å². The molecule has 0 amide bonds. The number of hydrogen-bond donors (Lipinski definition) is 0. The zero-order valence-electron chi connectivity index (χ0n) is 12.4. The molecule has 2 rings (SSSR count). The summed E-state index contributed by atoms with van der Waals surface area (Å²) in [5.41, 5.74) is -0.299. The molecule has 2 nitrogen and oxygen atoms in total. The highest BCUT2D eigenvalue weighted by Crippen LogP contribution is 2.36. The molecule has 1 heterocycles. The first-order chi connectivity index (χ1) is 10.3. The minimum Gasteiger partial charge on any atom is -0.461 e. The maximum absolute atomic E-state index is 12.6. The molecular formula is C16H17ClF3NO. The van der Waals surface area contributed by atoms with Gasteiger partial charge >= 0.3 is 6.18 Å². The van der Waals surface area contributed by atoms with Gasteiger partial charge in [-0.05, 0) is 57.4 Å². The van der Waals surface area contributed by atoms with Crippen molar-refractivity contribution >= 4 is 11.6 Å². The molecule has 0 unspecified atom stereocenters. The van der Waals surface area contributed by atoms with Crippen molar-refractivity contribution in [1.29, 1.82) is 0 Å². The summed E-state index contributed by atoms with van der Waals surface area (Å²) in [6.07, 6.45) is -2.68. The minimum atomic E-state index is -4.40. The second-order valence-corrected chi connectivity index (χ2v) is 5.77. The molecule has 0 aliphatic carbocycles. The lowest BCUT2D eigenvalue weighted by molar-refractivity contribution is -0.137. The van der Waals surface area contributed by atoms with Crippen molar-refractivity contribution in [2.45, 2.75) is 19.0 Å². The zero-order valence-corrected chi connectivity index (χ0v) is 13.1. The average molecular weight is 332 g/mol. The van der Waals surface area contributed by atoms with Gasteiger partial charge in [-0.1, -0.05) is 11.6 Å². The van der Waals surface area contributed by atoms with Crippen LogP contribution >= 0.6 is 11.6 Å². The molecule has 0 radical (unpaired) electrons. The first-order valence-electron chi connectivity index (χ1n) is 6.88. The Labute approximate surface area is 132 Å². The molecule has 2 aromatic rings. The third-order valence-corrected chi connectivity index (χ3v) is 3.56. The number of rotatable bonds is 5. The summed E-state index contributed by atoms with van der Waals surface area (Å²) in [5.74, 6) is 1.28. The Morgan fingerprint density at radius 2 is 1.86 bits per heavy atom. The number of alkyl halides is 3. The second kappa shape index (κ2) is 6.75. The molecule has 6 heteroatoms. The lowest BCUT2D eigenvalue weighted by atomic mass is 10.1. The number of furan rings is 1. The Bertz CT molecular complexity index is 635. The molecule has 0 bridgehead atoms. The van der Waals surface area contributed by atoms with Gasteiger partial charge in [0.25, 0.3) is 0 Å². The van der Waals surface area contributed by atoms with Crippen molar-refractivity contribution in [3.05, 3.63) is 46.7 Å². The number of halogens is 4. The molecule has 0 aliphatic heterocycles. The van der Waals surface area contributed by atoms with Crippen LogP contribution in [0.1, 0.15) is 17.7 Å². The lowest BCUT2D eigenvalue weighted by Crippen LogP contribution is -2.13. The number of aryl methyl sites for hydroxylation is 1. The first kappa shape index (κ1) is 16.9. The van der Waals surface area contributed by atoms with E-state index in [9.17, 15) is 13.2 Å². The fraction of sp³-hybridized carbons (Fsp3) is 0.375. The van der Waals surface area contributed by atoms with Gasteiger partial charge in [-0.3, -0.25) is 0 Å². The molecule has 22 heavy (non-hydrogen) atoms. The van der Waals surface area contributed by atoms with E-state index < -0.39 is 11.7 Å². The Morgan fingerprint density at radius 3 is 2.45 bits per heavy atom. The summed E-state index contributed by atoms with van der Waals surface area (Å²) in [4.78, 5) is 2.08. The van der Waals surface area contributed by atoms with Crippen LogP contribution in [0.5, 0.6) is 0 Å². The van der Waals surface area contributed by atoms with Gasteiger partial charge in [-0.2, -0.15) is 13.2 Å². The maximum Gasteiger partial charge on any atom is 0.416 e. The van der Waals surface area contributed by atoms with E-state index >= 15 is 0 Å². The fourth-order valence-electron chi connectivity index (χ4n) is 2.12. The van der Waals surface area contributed by atoms with Crippen LogP contribution in [0, 0.1) is 0 Å². The van der Waals surface area contributed by atoms with Gasteiger partial charge in [-0.15, -0.1) is 0 Å². The lowest BCUT2D eigenvalue weighted by Gasteiger charge is -2.09. The third kappa shape index (κ3) is 4.27. The third-order valence-electron chi connectivity index (χ3n) is 3.25. The van der Waals surface area contributed by atoms with Crippen LogP contribution in [0.3, 0.4) is 0 Å². The first-order valence-corrected chi connectivity index (χ1v) is 7.26. The van der Waals surface area contributed by atoms with Crippen molar-refractivity contribution in [3.8, 4) is 11.3 Å². The van der Waals surface area contributed by atoms with Gasteiger partial charge in [0.15, 0.2) is 0 Å². The monoisotopic (exact) mass is 331 g/mol. The molecule has 0 spiro atoms. The summed E-state index contributed by atoms with van der Waals surface area (Å²) in [6, 6.07) is 6.84. The summed E-state index contributed by atoms with van der Waals surface area (Å²) in [6.45, 7) is 0.942. The highest BCUT2D eigenvalue weighted by molar-refractivity contribution is 6.33. The van der Waals surface area contributed by atoms with Crippen LogP contribution in [0.2, 0.25) is 5.02 Å². The molecule has 0 saturated carbocycles. The molecule has 120 valence electrons. The SMILES string of the molecule is CN(C)CCCc1ccc(-c2ccc(C(F)(F)F)cc2Cl)o1. The van der Waals surface area contributed by atoms with Gasteiger partial charge in [0, 0.05) is 12.0 Å². The van der Waals surface area contributed by atoms with Gasteiger partial charge in [0.2, 0.25) is 0 Å². The number of nitrogens with zero attached hydrogens (tertiary/aromatic N) is 1. The average Bonchev–Trinajstić information content (AvgIpc) is 2.85. The van der Waals surface area contributed by atoms with Crippen molar-refractivity contribution in [2.24, 2.45) is 0 Å². The van der Waals surface area contributed by atoms with E-state index in [0.29, 0.717) is 11.3 Å². The van der Waals surface area contributed by atoms with Crippen LogP contribution in [-0.4, -0.2) is 25.5 Å². The van der Waals surface area contributed by atoms with Crippen molar-refractivity contribution in [1.82, 2.24) is 4.90 Å². The smallest absolute Gasteiger partial charge is 0.416 e. The molecule has 0 N–H and O–H groups in total. The van der Waals surface area contributed by atoms with Crippen molar-refractivity contribution < 1.29 is 17.6 Å². The highest BCUT2D eigenvalue weighted by Gasteiger charge is 2.31. The molecule has 0 fully saturated rings. The van der Waals surface area contributed by atoms with Gasteiger partial charge in [0.1, 0.15) is 11.5 Å². The van der Waals surface area contributed by atoms with Crippen molar-refractivity contribution in [3.63, 3.8) is 0 Å². The second-order valence-electron chi connectivity index (χ2n) is 5.37. The number of benzene rings is 1. The van der Waals surface area contributed by atoms with Crippen LogP contribution in [0.25, 0.3) is 11.3 Å². The van der Waals surface area contributed by atoms with Gasteiger partial charge in [-0.25, -0.2) is 0 Å². The Morgan fingerprint density at radius 1 is 1.14 bits per heavy atom.